The number of benzene rings is 1. The average molecular weight is 363 g/mol. The predicted molar refractivity (Wildman–Crippen MR) is 88.2 cm³/mol. The quantitative estimate of drug-likeness (QED) is 0.786. The lowest BCUT2D eigenvalue weighted by Crippen LogP contribution is -2.39. The molecule has 1 unspecified atom stereocenters. The van der Waals surface area contributed by atoms with Gasteiger partial charge in [0.15, 0.2) is 9.84 Å². The van der Waals surface area contributed by atoms with Crippen molar-refractivity contribution in [2.45, 2.75) is 12.5 Å². The summed E-state index contributed by atoms with van der Waals surface area (Å²) >= 11 is 6.01. The van der Waals surface area contributed by atoms with E-state index in [1.807, 2.05) is 0 Å². The van der Waals surface area contributed by atoms with E-state index in [4.69, 9.17) is 21.1 Å². The van der Waals surface area contributed by atoms with E-state index in [-0.39, 0.29) is 30.0 Å². The van der Waals surface area contributed by atoms with Gasteiger partial charge >= 0.3 is 0 Å². The summed E-state index contributed by atoms with van der Waals surface area (Å²) in [7, 11) is -0.0353. The highest BCUT2D eigenvalue weighted by atomic mass is 35.5. The fraction of sp³-hybridized carbons (Fsp3) is 0.500. The molecule has 1 aromatic rings. The monoisotopic (exact) mass is 362 g/mol. The first-order chi connectivity index (χ1) is 10.8. The van der Waals surface area contributed by atoms with Crippen LogP contribution in [0.3, 0.4) is 0 Å². The van der Waals surface area contributed by atoms with Crippen molar-refractivity contribution in [2.24, 2.45) is 0 Å². The van der Waals surface area contributed by atoms with E-state index < -0.39 is 9.84 Å². The predicted octanol–water partition coefficient (Wildman–Crippen LogP) is 1.07. The fourth-order valence-electron chi connectivity index (χ4n) is 2.36. The molecule has 1 atom stereocenters. The van der Waals surface area contributed by atoms with Crippen molar-refractivity contribution in [1.82, 2.24) is 5.32 Å². The second kappa shape index (κ2) is 7.27. The maximum Gasteiger partial charge on any atom is 0.239 e. The molecule has 1 heterocycles. The second-order valence-corrected chi connectivity index (χ2v) is 7.84. The van der Waals surface area contributed by atoms with Gasteiger partial charge in [-0.15, -0.1) is 0 Å². The molecule has 0 aliphatic carbocycles. The van der Waals surface area contributed by atoms with E-state index >= 15 is 0 Å². The minimum atomic E-state index is -3.02. The summed E-state index contributed by atoms with van der Waals surface area (Å²) in [5.74, 6) is 0.761. The fourth-order valence-corrected chi connectivity index (χ4v) is 4.27. The van der Waals surface area contributed by atoms with Crippen LogP contribution >= 0.6 is 11.6 Å². The number of carbonyl (C=O) groups excluding carboxylic acids is 1. The van der Waals surface area contributed by atoms with E-state index in [0.29, 0.717) is 28.6 Å². The van der Waals surface area contributed by atoms with Crippen molar-refractivity contribution in [3.05, 3.63) is 17.2 Å². The SMILES string of the molecule is COc1cc(NCC(=O)NC2CCS(=O)(=O)C2)c(OC)cc1Cl. The maximum atomic E-state index is 11.9. The molecule has 2 rings (SSSR count). The van der Waals surface area contributed by atoms with E-state index in [9.17, 15) is 13.2 Å². The molecule has 0 aromatic heterocycles. The van der Waals surface area contributed by atoms with Crippen LogP contribution in [0.4, 0.5) is 5.69 Å². The Morgan fingerprint density at radius 2 is 2.00 bits per heavy atom. The molecule has 1 aromatic carbocycles. The summed E-state index contributed by atoms with van der Waals surface area (Å²) < 4.78 is 33.1. The first kappa shape index (κ1) is 17.7. The Morgan fingerprint density at radius 3 is 2.57 bits per heavy atom. The molecule has 1 aliphatic rings. The van der Waals surface area contributed by atoms with Gasteiger partial charge in [-0.3, -0.25) is 4.79 Å². The number of hydrogen-bond donors (Lipinski definition) is 2. The van der Waals surface area contributed by atoms with Crippen LogP contribution in [0.5, 0.6) is 11.5 Å². The average Bonchev–Trinajstić information content (AvgIpc) is 2.84. The lowest BCUT2D eigenvalue weighted by molar-refractivity contribution is -0.119. The van der Waals surface area contributed by atoms with Crippen LogP contribution in [0.25, 0.3) is 0 Å². The van der Waals surface area contributed by atoms with Gasteiger partial charge in [0, 0.05) is 18.2 Å². The molecule has 1 aliphatic heterocycles. The summed E-state index contributed by atoms with van der Waals surface area (Å²) in [5, 5.41) is 6.04. The van der Waals surface area contributed by atoms with Gasteiger partial charge in [0.2, 0.25) is 5.91 Å². The van der Waals surface area contributed by atoms with Crippen molar-refractivity contribution in [2.75, 3.05) is 37.6 Å². The minimum absolute atomic E-state index is 0.00315. The minimum Gasteiger partial charge on any atom is -0.495 e. The van der Waals surface area contributed by atoms with Crippen molar-refractivity contribution in [3.63, 3.8) is 0 Å². The third-order valence-corrected chi connectivity index (χ3v) is 5.57. The van der Waals surface area contributed by atoms with E-state index in [0.717, 1.165) is 0 Å². The molecule has 0 bridgehead atoms. The lowest BCUT2D eigenvalue weighted by Gasteiger charge is -2.15. The van der Waals surface area contributed by atoms with Crippen LogP contribution in [-0.4, -0.2) is 52.6 Å². The highest BCUT2D eigenvalue weighted by Crippen LogP contribution is 2.35. The Bertz CT molecular complexity index is 693. The summed E-state index contributed by atoms with van der Waals surface area (Å²) in [6.07, 6.45) is 0.451. The van der Waals surface area contributed by atoms with Crippen molar-refractivity contribution < 1.29 is 22.7 Å². The topological polar surface area (TPSA) is 93.7 Å². The van der Waals surface area contributed by atoms with E-state index in [2.05, 4.69) is 10.6 Å². The number of anilines is 1. The standard InChI is InChI=1S/C14H19ClN2O5S/c1-21-12-6-11(13(22-2)5-10(12)15)16-7-14(18)17-9-3-4-23(19,20)8-9/h5-6,9,16H,3-4,7-8H2,1-2H3,(H,17,18). The molecular weight excluding hydrogens is 344 g/mol. The maximum absolute atomic E-state index is 11.9. The Balaban J connectivity index is 1.96. The van der Waals surface area contributed by atoms with Crippen LogP contribution in [0, 0.1) is 0 Å². The summed E-state index contributed by atoms with van der Waals surface area (Å²) in [5.41, 5.74) is 0.558. The molecule has 0 radical (unpaired) electrons. The number of ether oxygens (including phenoxy) is 2. The summed E-state index contributed by atoms with van der Waals surface area (Å²) in [6, 6.07) is 2.90. The first-order valence-electron chi connectivity index (χ1n) is 7.00. The van der Waals surface area contributed by atoms with Gasteiger partial charge in [-0.25, -0.2) is 8.42 Å². The number of hydrogen-bond acceptors (Lipinski definition) is 6. The molecule has 23 heavy (non-hydrogen) atoms. The molecule has 0 spiro atoms. The van der Waals surface area contributed by atoms with Gasteiger partial charge in [-0.1, -0.05) is 11.6 Å². The van der Waals surface area contributed by atoms with Crippen molar-refractivity contribution in [1.29, 1.82) is 0 Å². The van der Waals surface area contributed by atoms with Gasteiger partial charge in [0.1, 0.15) is 11.5 Å². The number of amides is 1. The van der Waals surface area contributed by atoms with E-state index in [1.165, 1.54) is 14.2 Å². The highest BCUT2D eigenvalue weighted by Gasteiger charge is 2.28. The third kappa shape index (κ3) is 4.65. The largest absolute Gasteiger partial charge is 0.495 e. The number of carbonyl (C=O) groups is 1. The Kier molecular flexibility index (Phi) is 5.59. The number of halogens is 1. The molecule has 9 heteroatoms. The van der Waals surface area contributed by atoms with E-state index in [1.54, 1.807) is 12.1 Å². The molecular formula is C14H19ClN2O5S. The van der Waals surface area contributed by atoms with Gasteiger partial charge in [0.05, 0.1) is 43.0 Å². The number of rotatable bonds is 6. The van der Waals surface area contributed by atoms with Gasteiger partial charge in [-0.2, -0.15) is 0 Å². The van der Waals surface area contributed by atoms with Crippen molar-refractivity contribution in [3.8, 4) is 11.5 Å². The van der Waals surface area contributed by atoms with Crippen LogP contribution in [0.1, 0.15) is 6.42 Å². The normalized spacial score (nSPS) is 19.2. The second-order valence-electron chi connectivity index (χ2n) is 5.21. The van der Waals surface area contributed by atoms with Gasteiger partial charge in [-0.05, 0) is 6.42 Å². The zero-order valence-corrected chi connectivity index (χ0v) is 14.5. The molecule has 0 saturated carbocycles. The van der Waals surface area contributed by atoms with Crippen molar-refractivity contribution >= 4 is 33.0 Å². The number of nitrogens with one attached hydrogen (secondary N) is 2. The Hall–Kier alpha value is -1.67. The smallest absolute Gasteiger partial charge is 0.239 e. The molecule has 128 valence electrons. The lowest BCUT2D eigenvalue weighted by atomic mass is 10.2. The van der Waals surface area contributed by atoms with Crippen LogP contribution < -0.4 is 20.1 Å². The van der Waals surface area contributed by atoms with Crippen LogP contribution in [-0.2, 0) is 14.6 Å². The van der Waals surface area contributed by atoms with Crippen LogP contribution in [0.15, 0.2) is 12.1 Å². The zero-order chi connectivity index (χ0) is 17.0. The molecule has 1 amide bonds. The molecule has 7 nitrogen and oxygen atoms in total. The summed E-state index contributed by atoms with van der Waals surface area (Å²) in [6.45, 7) is -0.0162. The zero-order valence-electron chi connectivity index (χ0n) is 12.9. The van der Waals surface area contributed by atoms with Gasteiger partial charge in [0.25, 0.3) is 0 Å². The van der Waals surface area contributed by atoms with Gasteiger partial charge < -0.3 is 20.1 Å². The third-order valence-electron chi connectivity index (χ3n) is 3.51. The number of sulfone groups is 1. The molecule has 1 saturated heterocycles. The molecule has 1 fully saturated rings. The Morgan fingerprint density at radius 1 is 1.30 bits per heavy atom. The van der Waals surface area contributed by atoms with Crippen LogP contribution in [0.2, 0.25) is 5.02 Å². The first-order valence-corrected chi connectivity index (χ1v) is 9.19. The molecule has 2 N–H and O–H groups in total. The Labute approximate surface area is 140 Å². The highest BCUT2D eigenvalue weighted by molar-refractivity contribution is 7.91. The summed E-state index contributed by atoms with van der Waals surface area (Å²) in [4.78, 5) is 11.9. The number of methoxy groups -OCH3 is 2.